The summed E-state index contributed by atoms with van der Waals surface area (Å²) in [4.78, 5) is 0.246. The monoisotopic (exact) mass is 330 g/mol. The lowest BCUT2D eigenvalue weighted by Crippen LogP contribution is -2.09. The third-order valence-electron chi connectivity index (χ3n) is 4.02. The van der Waals surface area contributed by atoms with Crippen LogP contribution in [0.1, 0.15) is 39.1 Å². The number of halogens is 1. The Labute approximate surface area is 129 Å². The van der Waals surface area contributed by atoms with Crippen LogP contribution in [0.5, 0.6) is 5.75 Å². The summed E-state index contributed by atoms with van der Waals surface area (Å²) < 4.78 is 5.70. The molecule has 1 heterocycles. The minimum absolute atomic E-state index is 0.246. The van der Waals surface area contributed by atoms with Crippen LogP contribution in [0.3, 0.4) is 0 Å². The van der Waals surface area contributed by atoms with Crippen LogP contribution in [0.2, 0.25) is 0 Å². The molecule has 0 spiro atoms. The van der Waals surface area contributed by atoms with Gasteiger partial charge in [-0.3, -0.25) is 0 Å². The molecule has 0 N–H and O–H groups in total. The maximum atomic E-state index is 5.70. The van der Waals surface area contributed by atoms with Gasteiger partial charge in [0.1, 0.15) is 5.75 Å². The molecular formula is C18H19BrO. The first kappa shape index (κ1) is 13.7. The molecule has 0 fully saturated rings. The lowest BCUT2D eigenvalue weighted by Gasteiger charge is -2.21. The van der Waals surface area contributed by atoms with Gasteiger partial charge < -0.3 is 4.74 Å². The fraction of sp³-hybridized carbons (Fsp3) is 0.333. The first-order valence-corrected chi connectivity index (χ1v) is 8.04. The summed E-state index contributed by atoms with van der Waals surface area (Å²) >= 11 is 3.88. The quantitative estimate of drug-likeness (QED) is 0.695. The number of rotatable bonds is 2. The average Bonchev–Trinajstić information content (AvgIpc) is 2.46. The Morgan fingerprint density at radius 2 is 1.85 bits per heavy atom. The van der Waals surface area contributed by atoms with Crippen LogP contribution >= 0.6 is 15.9 Å². The van der Waals surface area contributed by atoms with Gasteiger partial charge in [-0.1, -0.05) is 46.3 Å². The molecule has 20 heavy (non-hydrogen) atoms. The normalized spacial score (nSPS) is 15.3. The highest BCUT2D eigenvalue weighted by molar-refractivity contribution is 9.09. The second-order valence-corrected chi connectivity index (χ2v) is 6.40. The molecule has 1 nitrogen and oxygen atoms in total. The zero-order valence-corrected chi connectivity index (χ0v) is 13.5. The summed E-state index contributed by atoms with van der Waals surface area (Å²) in [7, 11) is 0. The fourth-order valence-electron chi connectivity index (χ4n) is 2.93. The highest BCUT2D eigenvalue weighted by atomic mass is 79.9. The van der Waals surface area contributed by atoms with Gasteiger partial charge in [-0.05, 0) is 60.6 Å². The summed E-state index contributed by atoms with van der Waals surface area (Å²) in [5.41, 5.74) is 6.70. The average molecular weight is 331 g/mol. The summed E-state index contributed by atoms with van der Waals surface area (Å²) in [5, 5.41) is 0. The minimum atomic E-state index is 0.246. The minimum Gasteiger partial charge on any atom is -0.493 e. The number of aryl methyl sites for hydroxylation is 3. The van der Waals surface area contributed by atoms with Gasteiger partial charge in [0.15, 0.2) is 0 Å². The zero-order valence-electron chi connectivity index (χ0n) is 11.9. The Kier molecular flexibility index (Phi) is 3.84. The van der Waals surface area contributed by atoms with Gasteiger partial charge in [0.25, 0.3) is 0 Å². The van der Waals surface area contributed by atoms with Crippen LogP contribution in [-0.2, 0) is 6.42 Å². The molecule has 104 valence electrons. The van der Waals surface area contributed by atoms with E-state index in [1.54, 1.807) is 0 Å². The van der Waals surface area contributed by atoms with Crippen LogP contribution in [0.25, 0.3) is 0 Å². The molecule has 1 aliphatic heterocycles. The Hall–Kier alpha value is -1.28. The lowest BCUT2D eigenvalue weighted by molar-refractivity contribution is 0.288. The SMILES string of the molecule is Cc1cccc(C)c1C(Br)c1ccc2c(c1)CCCO2. The number of benzene rings is 2. The summed E-state index contributed by atoms with van der Waals surface area (Å²) in [6.07, 6.45) is 2.24. The number of hydrogen-bond donors (Lipinski definition) is 0. The first-order chi connectivity index (χ1) is 9.66. The van der Waals surface area contributed by atoms with Crippen molar-refractivity contribution >= 4 is 15.9 Å². The first-order valence-electron chi connectivity index (χ1n) is 7.12. The lowest BCUT2D eigenvalue weighted by atomic mass is 9.94. The van der Waals surface area contributed by atoms with Crippen molar-refractivity contribution in [3.05, 3.63) is 64.2 Å². The van der Waals surface area contributed by atoms with Crippen molar-refractivity contribution in [2.24, 2.45) is 0 Å². The molecule has 0 saturated heterocycles. The van der Waals surface area contributed by atoms with E-state index in [2.05, 4.69) is 66.2 Å². The van der Waals surface area contributed by atoms with E-state index < -0.39 is 0 Å². The molecule has 2 aromatic carbocycles. The van der Waals surface area contributed by atoms with Crippen molar-refractivity contribution in [1.29, 1.82) is 0 Å². The predicted octanol–water partition coefficient (Wildman–Crippen LogP) is 5.11. The van der Waals surface area contributed by atoms with Crippen molar-refractivity contribution in [1.82, 2.24) is 0 Å². The summed E-state index contributed by atoms with van der Waals surface area (Å²) in [6.45, 7) is 5.21. The Morgan fingerprint density at radius 3 is 2.60 bits per heavy atom. The van der Waals surface area contributed by atoms with Crippen molar-refractivity contribution in [3.63, 3.8) is 0 Å². The van der Waals surface area contributed by atoms with Gasteiger partial charge in [0.05, 0.1) is 11.4 Å². The molecule has 0 saturated carbocycles. The maximum Gasteiger partial charge on any atom is 0.122 e. The van der Waals surface area contributed by atoms with E-state index in [-0.39, 0.29) is 4.83 Å². The Balaban J connectivity index is 2.00. The van der Waals surface area contributed by atoms with Crippen molar-refractivity contribution < 1.29 is 4.74 Å². The van der Waals surface area contributed by atoms with E-state index in [9.17, 15) is 0 Å². The third kappa shape index (κ3) is 2.49. The summed E-state index contributed by atoms with van der Waals surface area (Å²) in [5.74, 6) is 1.06. The topological polar surface area (TPSA) is 9.23 Å². The van der Waals surface area contributed by atoms with Gasteiger partial charge in [-0.2, -0.15) is 0 Å². The van der Waals surface area contributed by atoms with E-state index in [0.29, 0.717) is 0 Å². The fourth-order valence-corrected chi connectivity index (χ4v) is 3.94. The van der Waals surface area contributed by atoms with Crippen molar-refractivity contribution in [2.75, 3.05) is 6.61 Å². The molecule has 1 aliphatic rings. The Bertz CT molecular complexity index is 613. The Morgan fingerprint density at radius 1 is 1.10 bits per heavy atom. The van der Waals surface area contributed by atoms with Crippen molar-refractivity contribution in [3.8, 4) is 5.75 Å². The third-order valence-corrected chi connectivity index (χ3v) is 5.01. The van der Waals surface area contributed by atoms with E-state index >= 15 is 0 Å². The molecule has 1 atom stereocenters. The van der Waals surface area contributed by atoms with Gasteiger partial charge >= 0.3 is 0 Å². The number of ether oxygens (including phenoxy) is 1. The van der Waals surface area contributed by atoms with Crippen molar-refractivity contribution in [2.45, 2.75) is 31.5 Å². The van der Waals surface area contributed by atoms with Crippen LogP contribution in [-0.4, -0.2) is 6.61 Å². The van der Waals surface area contributed by atoms with E-state index in [4.69, 9.17) is 4.74 Å². The standard InChI is InChI=1S/C18H19BrO/c1-12-5-3-6-13(2)17(12)18(19)15-8-9-16-14(11-15)7-4-10-20-16/h3,5-6,8-9,11,18H,4,7,10H2,1-2H3. The van der Waals surface area contributed by atoms with E-state index in [1.807, 2.05) is 0 Å². The highest BCUT2D eigenvalue weighted by Crippen LogP contribution is 2.37. The molecular weight excluding hydrogens is 312 g/mol. The van der Waals surface area contributed by atoms with Crippen LogP contribution < -0.4 is 4.74 Å². The zero-order chi connectivity index (χ0) is 14.1. The largest absolute Gasteiger partial charge is 0.493 e. The molecule has 0 radical (unpaired) electrons. The molecule has 2 heteroatoms. The molecule has 0 aromatic heterocycles. The smallest absolute Gasteiger partial charge is 0.122 e. The van der Waals surface area contributed by atoms with Crippen LogP contribution in [0, 0.1) is 13.8 Å². The molecule has 3 rings (SSSR count). The van der Waals surface area contributed by atoms with E-state index in [0.717, 1.165) is 25.2 Å². The molecule has 1 unspecified atom stereocenters. The number of hydrogen-bond acceptors (Lipinski definition) is 1. The maximum absolute atomic E-state index is 5.70. The molecule has 2 aromatic rings. The van der Waals surface area contributed by atoms with Gasteiger partial charge in [-0.15, -0.1) is 0 Å². The molecule has 0 aliphatic carbocycles. The van der Waals surface area contributed by atoms with Gasteiger partial charge in [-0.25, -0.2) is 0 Å². The van der Waals surface area contributed by atoms with Crippen LogP contribution in [0.4, 0.5) is 0 Å². The van der Waals surface area contributed by atoms with Gasteiger partial charge in [0.2, 0.25) is 0 Å². The molecule has 0 bridgehead atoms. The van der Waals surface area contributed by atoms with E-state index in [1.165, 1.54) is 27.8 Å². The number of fused-ring (bicyclic) bond motifs is 1. The highest BCUT2D eigenvalue weighted by Gasteiger charge is 2.18. The second-order valence-electron chi connectivity index (χ2n) is 5.49. The predicted molar refractivity (Wildman–Crippen MR) is 86.9 cm³/mol. The number of alkyl halides is 1. The molecule has 0 amide bonds. The van der Waals surface area contributed by atoms with Gasteiger partial charge in [0, 0.05) is 0 Å². The summed E-state index contributed by atoms with van der Waals surface area (Å²) in [6, 6.07) is 13.1. The second kappa shape index (κ2) is 5.61. The van der Waals surface area contributed by atoms with Crippen LogP contribution in [0.15, 0.2) is 36.4 Å².